The van der Waals surface area contributed by atoms with E-state index in [1.807, 2.05) is 6.07 Å². The van der Waals surface area contributed by atoms with E-state index in [-0.39, 0.29) is 63.5 Å². The predicted octanol–water partition coefficient (Wildman–Crippen LogP) is 6.05. The van der Waals surface area contributed by atoms with Gasteiger partial charge < -0.3 is 34.6 Å². The van der Waals surface area contributed by atoms with Crippen LogP contribution >= 0.6 is 23.2 Å². The van der Waals surface area contributed by atoms with E-state index >= 15 is 4.39 Å². The van der Waals surface area contributed by atoms with E-state index < -0.39 is 11.8 Å². The van der Waals surface area contributed by atoms with Crippen LogP contribution < -0.4 is 19.9 Å². The summed E-state index contributed by atoms with van der Waals surface area (Å²) in [5, 5.41) is 14.0. The molecular weight excluding hydrogens is 634 g/mol. The van der Waals surface area contributed by atoms with E-state index in [1.165, 1.54) is 4.90 Å². The standard InChI is InChI=1S/C34H35Cl2FN4O5/c1-34(2)17-39(9-8-38-34)22-10-26(35)30(27(36)11-22)32(42)40-14-19-4-3-5-23(31(19)46-18-40)24-13-29(25(33(43)44)12-28(24)37)41-20-6-7-21(41)16-45-15-20/h3-5,10-13,20-21,38H,6-9,14-18H2,1-2H3,(H,43,44). The summed E-state index contributed by atoms with van der Waals surface area (Å²) in [4.78, 5) is 31.8. The molecule has 7 rings (SSSR count). The first-order chi connectivity index (χ1) is 22.0. The molecule has 2 atom stereocenters. The van der Waals surface area contributed by atoms with E-state index in [0.29, 0.717) is 35.8 Å². The van der Waals surface area contributed by atoms with Crippen molar-refractivity contribution >= 4 is 46.5 Å². The lowest BCUT2D eigenvalue weighted by Crippen LogP contribution is -2.57. The number of halogens is 3. The monoisotopic (exact) mass is 668 g/mol. The number of carboxylic acid groups (broad SMARTS) is 1. The molecule has 242 valence electrons. The summed E-state index contributed by atoms with van der Waals surface area (Å²) < 4.78 is 27.5. The molecule has 1 amide bonds. The molecule has 0 saturated carbocycles. The largest absolute Gasteiger partial charge is 0.478 e. The second-order valence-electron chi connectivity index (χ2n) is 13.1. The molecule has 46 heavy (non-hydrogen) atoms. The van der Waals surface area contributed by atoms with E-state index in [4.69, 9.17) is 32.7 Å². The van der Waals surface area contributed by atoms with Gasteiger partial charge in [0.1, 0.15) is 11.6 Å². The van der Waals surface area contributed by atoms with Crippen LogP contribution in [-0.4, -0.2) is 79.1 Å². The summed E-state index contributed by atoms with van der Waals surface area (Å²) in [5.41, 5.74) is 2.77. The molecule has 3 aromatic carbocycles. The molecule has 4 aliphatic heterocycles. The van der Waals surface area contributed by atoms with Crippen molar-refractivity contribution in [3.8, 4) is 16.9 Å². The number of piperazine rings is 1. The molecule has 3 fully saturated rings. The van der Waals surface area contributed by atoms with Crippen LogP contribution in [-0.2, 0) is 11.3 Å². The molecular formula is C34H35Cl2FN4O5. The van der Waals surface area contributed by atoms with Gasteiger partial charge in [-0.15, -0.1) is 0 Å². The maximum absolute atomic E-state index is 15.7. The minimum Gasteiger partial charge on any atom is -0.478 e. The Labute approximate surface area is 276 Å². The van der Waals surface area contributed by atoms with E-state index in [9.17, 15) is 14.7 Å². The van der Waals surface area contributed by atoms with Gasteiger partial charge in [-0.1, -0.05) is 41.4 Å². The first-order valence-electron chi connectivity index (χ1n) is 15.5. The number of nitrogens with one attached hydrogen (secondary N) is 1. The Bertz CT molecular complexity index is 1700. The third-order valence-corrected chi connectivity index (χ3v) is 10.0. The fraction of sp³-hybridized carbons (Fsp3) is 0.412. The van der Waals surface area contributed by atoms with Crippen molar-refractivity contribution in [2.24, 2.45) is 0 Å². The highest BCUT2D eigenvalue weighted by atomic mass is 35.5. The Balaban J connectivity index is 1.17. The molecule has 0 radical (unpaired) electrons. The van der Waals surface area contributed by atoms with Crippen molar-refractivity contribution in [1.82, 2.24) is 10.2 Å². The second kappa shape index (κ2) is 11.9. The van der Waals surface area contributed by atoms with Crippen LogP contribution in [0.5, 0.6) is 5.75 Å². The van der Waals surface area contributed by atoms with Gasteiger partial charge in [-0.25, -0.2) is 9.18 Å². The highest BCUT2D eigenvalue weighted by molar-refractivity contribution is 6.40. The first kappa shape index (κ1) is 31.1. The Kier molecular flexibility index (Phi) is 8.03. The molecule has 12 heteroatoms. The number of benzene rings is 3. The van der Waals surface area contributed by atoms with Crippen LogP contribution in [0.2, 0.25) is 10.0 Å². The van der Waals surface area contributed by atoms with Crippen LogP contribution in [0, 0.1) is 5.82 Å². The highest BCUT2D eigenvalue weighted by Gasteiger charge is 2.40. The van der Waals surface area contributed by atoms with Crippen LogP contribution in [0.1, 0.15) is 53.0 Å². The zero-order chi connectivity index (χ0) is 32.3. The minimum absolute atomic E-state index is 0.0343. The number of hydrogen-bond acceptors (Lipinski definition) is 7. The Morgan fingerprint density at radius 2 is 1.76 bits per heavy atom. The topological polar surface area (TPSA) is 94.6 Å². The van der Waals surface area contributed by atoms with E-state index in [2.05, 4.69) is 29.0 Å². The molecule has 4 heterocycles. The van der Waals surface area contributed by atoms with Crippen LogP contribution in [0.15, 0.2) is 42.5 Å². The Hall–Kier alpha value is -3.57. The zero-order valence-electron chi connectivity index (χ0n) is 25.6. The van der Waals surface area contributed by atoms with Gasteiger partial charge in [0.25, 0.3) is 5.91 Å². The highest BCUT2D eigenvalue weighted by Crippen LogP contribution is 2.43. The number of amides is 1. The number of ether oxygens (including phenoxy) is 2. The predicted molar refractivity (Wildman–Crippen MR) is 175 cm³/mol. The summed E-state index contributed by atoms with van der Waals surface area (Å²) in [6.07, 6.45) is 1.77. The van der Waals surface area contributed by atoms with Gasteiger partial charge in [0.15, 0.2) is 6.73 Å². The molecule has 0 spiro atoms. The van der Waals surface area contributed by atoms with Crippen molar-refractivity contribution in [2.75, 3.05) is 49.4 Å². The lowest BCUT2D eigenvalue weighted by molar-refractivity contribution is 0.0516. The van der Waals surface area contributed by atoms with Crippen molar-refractivity contribution in [3.05, 3.63) is 75.0 Å². The molecule has 4 aliphatic rings. The lowest BCUT2D eigenvalue weighted by Gasteiger charge is -2.40. The number of morpholine rings is 1. The van der Waals surface area contributed by atoms with Crippen molar-refractivity contribution < 1.29 is 28.6 Å². The maximum Gasteiger partial charge on any atom is 0.337 e. The minimum atomic E-state index is -1.19. The number of aromatic carboxylic acids is 1. The van der Waals surface area contributed by atoms with Gasteiger partial charge in [0, 0.05) is 47.6 Å². The number of carbonyl (C=O) groups excluding carboxylic acids is 1. The van der Waals surface area contributed by atoms with Gasteiger partial charge in [0.2, 0.25) is 0 Å². The van der Waals surface area contributed by atoms with E-state index in [0.717, 1.165) is 44.2 Å². The van der Waals surface area contributed by atoms with Crippen LogP contribution in [0.4, 0.5) is 15.8 Å². The number of nitrogens with zero attached hydrogens (tertiary/aromatic N) is 3. The quantitative estimate of drug-likeness (QED) is 0.340. The molecule has 3 saturated heterocycles. The zero-order valence-corrected chi connectivity index (χ0v) is 27.1. The summed E-state index contributed by atoms with van der Waals surface area (Å²) in [6, 6.07) is 11.7. The van der Waals surface area contributed by atoms with Gasteiger partial charge in [-0.3, -0.25) is 4.79 Å². The molecule has 0 aliphatic carbocycles. The SMILES string of the molecule is CC1(C)CN(c2cc(Cl)c(C(=O)N3COc4c(cccc4-c4cc(N5C6CCC5COC6)c(C(=O)O)cc4F)C3)c(Cl)c2)CCN1. The van der Waals surface area contributed by atoms with Gasteiger partial charge in [0.05, 0.1) is 58.7 Å². The molecule has 2 unspecified atom stereocenters. The third-order valence-electron chi connectivity index (χ3n) is 9.41. The maximum atomic E-state index is 15.7. The fourth-order valence-electron chi connectivity index (χ4n) is 7.26. The Morgan fingerprint density at radius 1 is 1.04 bits per heavy atom. The molecule has 0 aromatic heterocycles. The summed E-state index contributed by atoms with van der Waals surface area (Å²) >= 11 is 13.4. The number of hydrogen-bond donors (Lipinski definition) is 2. The normalized spacial score (nSPS) is 22.0. The van der Waals surface area contributed by atoms with E-state index in [1.54, 1.807) is 30.3 Å². The van der Waals surface area contributed by atoms with Crippen LogP contribution in [0.3, 0.4) is 0 Å². The third kappa shape index (κ3) is 5.55. The van der Waals surface area contributed by atoms with Gasteiger partial charge in [-0.05, 0) is 51.0 Å². The average molecular weight is 670 g/mol. The number of rotatable bonds is 5. The molecule has 9 nitrogen and oxygen atoms in total. The van der Waals surface area contributed by atoms with Crippen molar-refractivity contribution in [3.63, 3.8) is 0 Å². The summed E-state index contributed by atoms with van der Waals surface area (Å²) in [5.74, 6) is -1.78. The molecule has 2 bridgehead atoms. The second-order valence-corrected chi connectivity index (χ2v) is 13.9. The van der Waals surface area contributed by atoms with Gasteiger partial charge in [-0.2, -0.15) is 0 Å². The average Bonchev–Trinajstić information content (AvgIpc) is 3.26. The van der Waals surface area contributed by atoms with Crippen molar-refractivity contribution in [1.29, 1.82) is 0 Å². The van der Waals surface area contributed by atoms with Crippen LogP contribution in [0.25, 0.3) is 11.1 Å². The summed E-state index contributed by atoms with van der Waals surface area (Å²) in [7, 11) is 0. The molecule has 2 N–H and O–H groups in total. The fourth-order valence-corrected chi connectivity index (χ4v) is 7.89. The number of fused-ring (bicyclic) bond motifs is 3. The smallest absolute Gasteiger partial charge is 0.337 e. The number of carboxylic acids is 1. The van der Waals surface area contributed by atoms with Crippen molar-refractivity contribution in [2.45, 2.75) is 50.9 Å². The Morgan fingerprint density at radius 3 is 2.43 bits per heavy atom. The number of anilines is 2. The number of para-hydroxylation sites is 1. The number of carbonyl (C=O) groups is 2. The molecule has 3 aromatic rings. The lowest BCUT2D eigenvalue weighted by atomic mass is 9.96. The summed E-state index contributed by atoms with van der Waals surface area (Å²) in [6.45, 7) is 7.73. The van der Waals surface area contributed by atoms with Gasteiger partial charge >= 0.3 is 5.97 Å². The first-order valence-corrected chi connectivity index (χ1v) is 16.2.